The van der Waals surface area contributed by atoms with E-state index in [1.807, 2.05) is 36.4 Å². The monoisotopic (exact) mass is 237 g/mol. The summed E-state index contributed by atoms with van der Waals surface area (Å²) in [5.74, 6) is 0.800. The molecule has 0 aliphatic carbocycles. The van der Waals surface area contributed by atoms with E-state index in [-0.39, 0.29) is 5.75 Å². The van der Waals surface area contributed by atoms with Gasteiger partial charge < -0.3 is 9.52 Å². The summed E-state index contributed by atoms with van der Waals surface area (Å²) >= 11 is 0. The molecule has 0 amide bonds. The molecular formula is C15H11NO2. The molecule has 3 aromatic rings. The first-order valence-electron chi connectivity index (χ1n) is 5.64. The number of aromatic hydroxyl groups is 1. The molecule has 0 spiro atoms. The summed E-state index contributed by atoms with van der Waals surface area (Å²) in [5.41, 5.74) is 2.51. The van der Waals surface area contributed by atoms with Crippen LogP contribution in [0.5, 0.6) is 5.75 Å². The molecule has 1 N–H and O–H groups in total. The molecule has 18 heavy (non-hydrogen) atoms. The van der Waals surface area contributed by atoms with Crippen molar-refractivity contribution >= 4 is 23.3 Å². The molecule has 0 aliphatic heterocycles. The Bertz CT molecular complexity index is 680. The van der Waals surface area contributed by atoms with Crippen LogP contribution in [0.4, 0.5) is 0 Å². The molecule has 1 heterocycles. The van der Waals surface area contributed by atoms with E-state index in [4.69, 9.17) is 4.42 Å². The summed E-state index contributed by atoms with van der Waals surface area (Å²) in [5, 5.41) is 9.35. The number of para-hydroxylation sites is 2. The summed E-state index contributed by atoms with van der Waals surface area (Å²) in [6.45, 7) is 0. The maximum Gasteiger partial charge on any atom is 0.220 e. The van der Waals surface area contributed by atoms with Crippen LogP contribution in [0.1, 0.15) is 11.5 Å². The Labute approximate surface area is 104 Å². The first kappa shape index (κ1) is 10.6. The van der Waals surface area contributed by atoms with Crippen LogP contribution in [0.2, 0.25) is 0 Å². The predicted molar refractivity (Wildman–Crippen MR) is 71.0 cm³/mol. The van der Waals surface area contributed by atoms with Gasteiger partial charge in [-0.2, -0.15) is 0 Å². The number of rotatable bonds is 2. The number of oxazole rings is 1. The van der Waals surface area contributed by atoms with Gasteiger partial charge in [-0.1, -0.05) is 24.3 Å². The van der Waals surface area contributed by atoms with Crippen molar-refractivity contribution in [3.8, 4) is 5.75 Å². The zero-order chi connectivity index (χ0) is 12.4. The lowest BCUT2D eigenvalue weighted by Gasteiger charge is -1.93. The normalized spacial score (nSPS) is 11.3. The average molecular weight is 237 g/mol. The topological polar surface area (TPSA) is 46.3 Å². The van der Waals surface area contributed by atoms with Gasteiger partial charge >= 0.3 is 0 Å². The molecule has 2 aromatic carbocycles. The van der Waals surface area contributed by atoms with Gasteiger partial charge in [-0.3, -0.25) is 0 Å². The Morgan fingerprint density at radius 3 is 2.72 bits per heavy atom. The van der Waals surface area contributed by atoms with Crippen LogP contribution in [0.3, 0.4) is 0 Å². The predicted octanol–water partition coefficient (Wildman–Crippen LogP) is 3.70. The quantitative estimate of drug-likeness (QED) is 0.739. The Morgan fingerprint density at radius 1 is 1.00 bits per heavy atom. The number of phenols is 1. The molecule has 0 atom stereocenters. The Morgan fingerprint density at radius 2 is 1.89 bits per heavy atom. The van der Waals surface area contributed by atoms with E-state index < -0.39 is 0 Å². The van der Waals surface area contributed by atoms with Gasteiger partial charge in [0.1, 0.15) is 11.3 Å². The molecule has 0 saturated heterocycles. The van der Waals surface area contributed by atoms with Crippen LogP contribution in [0, 0.1) is 0 Å². The number of hydrogen-bond donors (Lipinski definition) is 1. The molecular weight excluding hydrogens is 226 g/mol. The lowest BCUT2D eigenvalue weighted by atomic mass is 10.2. The summed E-state index contributed by atoms with van der Waals surface area (Å²) < 4.78 is 5.56. The molecule has 0 saturated carbocycles. The minimum atomic E-state index is 0.245. The first-order chi connectivity index (χ1) is 8.81. The average Bonchev–Trinajstić information content (AvgIpc) is 2.79. The van der Waals surface area contributed by atoms with Crippen LogP contribution < -0.4 is 0 Å². The summed E-state index contributed by atoms with van der Waals surface area (Å²) in [4.78, 5) is 4.33. The molecule has 88 valence electrons. The third-order valence-electron chi connectivity index (χ3n) is 2.60. The number of phenolic OH excluding ortho intramolecular Hbond substituents is 1. The van der Waals surface area contributed by atoms with Gasteiger partial charge in [0.25, 0.3) is 0 Å². The fourth-order valence-electron chi connectivity index (χ4n) is 1.76. The van der Waals surface area contributed by atoms with Gasteiger partial charge in [-0.05, 0) is 35.9 Å². The maximum atomic E-state index is 9.35. The van der Waals surface area contributed by atoms with Crippen LogP contribution >= 0.6 is 0 Å². The van der Waals surface area contributed by atoms with Crippen molar-refractivity contribution in [2.24, 2.45) is 0 Å². The van der Waals surface area contributed by atoms with E-state index in [0.717, 1.165) is 16.7 Å². The third-order valence-corrected chi connectivity index (χ3v) is 2.60. The van der Waals surface area contributed by atoms with Crippen molar-refractivity contribution in [2.45, 2.75) is 0 Å². The van der Waals surface area contributed by atoms with Crippen molar-refractivity contribution in [1.29, 1.82) is 0 Å². The number of hydrogen-bond acceptors (Lipinski definition) is 3. The van der Waals surface area contributed by atoms with Crippen LogP contribution in [-0.2, 0) is 0 Å². The van der Waals surface area contributed by atoms with Crippen molar-refractivity contribution in [1.82, 2.24) is 4.98 Å². The zero-order valence-corrected chi connectivity index (χ0v) is 9.58. The van der Waals surface area contributed by atoms with E-state index in [0.29, 0.717) is 5.89 Å². The SMILES string of the molecule is Oc1cccc(/C=C/c2nc3ccccc3o2)c1. The van der Waals surface area contributed by atoms with Crippen molar-refractivity contribution in [2.75, 3.05) is 0 Å². The summed E-state index contributed by atoms with van der Waals surface area (Å²) in [7, 11) is 0. The maximum absolute atomic E-state index is 9.35. The van der Waals surface area contributed by atoms with Gasteiger partial charge in [0, 0.05) is 6.08 Å². The molecule has 0 bridgehead atoms. The van der Waals surface area contributed by atoms with Crippen LogP contribution in [0.25, 0.3) is 23.3 Å². The molecule has 0 fully saturated rings. The van der Waals surface area contributed by atoms with Crippen molar-refractivity contribution < 1.29 is 9.52 Å². The minimum Gasteiger partial charge on any atom is -0.508 e. The van der Waals surface area contributed by atoms with Gasteiger partial charge in [-0.25, -0.2) is 4.98 Å². The Balaban J connectivity index is 1.92. The largest absolute Gasteiger partial charge is 0.508 e. The van der Waals surface area contributed by atoms with Crippen molar-refractivity contribution in [3.05, 3.63) is 60.0 Å². The second-order valence-electron chi connectivity index (χ2n) is 3.95. The van der Waals surface area contributed by atoms with E-state index in [2.05, 4.69) is 4.98 Å². The van der Waals surface area contributed by atoms with Gasteiger partial charge in [0.2, 0.25) is 5.89 Å². The molecule has 3 rings (SSSR count). The number of nitrogens with zero attached hydrogens (tertiary/aromatic N) is 1. The molecule has 0 aliphatic rings. The lowest BCUT2D eigenvalue weighted by molar-refractivity contribution is 0.475. The fraction of sp³-hybridized carbons (Fsp3) is 0. The van der Waals surface area contributed by atoms with E-state index >= 15 is 0 Å². The highest BCUT2D eigenvalue weighted by molar-refractivity contribution is 5.76. The highest BCUT2D eigenvalue weighted by atomic mass is 16.3. The summed E-state index contributed by atoms with van der Waals surface area (Å²) in [6.07, 6.45) is 3.64. The van der Waals surface area contributed by atoms with Crippen molar-refractivity contribution in [3.63, 3.8) is 0 Å². The first-order valence-corrected chi connectivity index (χ1v) is 5.64. The van der Waals surface area contributed by atoms with E-state index in [9.17, 15) is 5.11 Å². The number of fused-ring (bicyclic) bond motifs is 1. The summed E-state index contributed by atoms with van der Waals surface area (Å²) in [6, 6.07) is 14.6. The second kappa shape index (κ2) is 4.37. The number of aromatic nitrogens is 1. The van der Waals surface area contributed by atoms with E-state index in [1.165, 1.54) is 0 Å². The lowest BCUT2D eigenvalue weighted by Crippen LogP contribution is -1.72. The molecule has 3 heteroatoms. The highest BCUT2D eigenvalue weighted by Crippen LogP contribution is 2.17. The molecule has 1 aromatic heterocycles. The molecule has 0 radical (unpaired) electrons. The number of benzene rings is 2. The Kier molecular flexibility index (Phi) is 2.57. The van der Waals surface area contributed by atoms with Crippen LogP contribution in [-0.4, -0.2) is 10.1 Å². The standard InChI is InChI=1S/C15H11NO2/c17-12-5-3-4-11(10-12)8-9-15-16-13-6-1-2-7-14(13)18-15/h1-10,17H/b9-8+. The smallest absolute Gasteiger partial charge is 0.220 e. The Hall–Kier alpha value is -2.55. The van der Waals surface area contributed by atoms with E-state index in [1.54, 1.807) is 24.3 Å². The van der Waals surface area contributed by atoms with Gasteiger partial charge in [0.15, 0.2) is 5.58 Å². The second-order valence-corrected chi connectivity index (χ2v) is 3.95. The van der Waals surface area contributed by atoms with Crippen LogP contribution in [0.15, 0.2) is 52.9 Å². The third kappa shape index (κ3) is 2.11. The van der Waals surface area contributed by atoms with Gasteiger partial charge in [-0.15, -0.1) is 0 Å². The fourth-order valence-corrected chi connectivity index (χ4v) is 1.76. The molecule has 3 nitrogen and oxygen atoms in total. The minimum absolute atomic E-state index is 0.245. The molecule has 0 unspecified atom stereocenters. The zero-order valence-electron chi connectivity index (χ0n) is 9.58. The van der Waals surface area contributed by atoms with Gasteiger partial charge in [0.05, 0.1) is 0 Å². The highest BCUT2D eigenvalue weighted by Gasteiger charge is 2.00.